The van der Waals surface area contributed by atoms with E-state index in [1.165, 1.54) is 37.9 Å². The minimum absolute atomic E-state index is 0.632. The van der Waals surface area contributed by atoms with Crippen molar-refractivity contribution in [3.8, 4) is 5.75 Å². The summed E-state index contributed by atoms with van der Waals surface area (Å²) in [5.41, 5.74) is 1.23. The molecule has 1 saturated heterocycles. The Balaban J connectivity index is 1.75. The van der Waals surface area contributed by atoms with Gasteiger partial charge in [0.15, 0.2) is 0 Å². The van der Waals surface area contributed by atoms with Gasteiger partial charge < -0.3 is 10.1 Å². The summed E-state index contributed by atoms with van der Waals surface area (Å²) in [7, 11) is 0. The molecule has 0 spiro atoms. The molecule has 0 bridgehead atoms. The summed E-state index contributed by atoms with van der Waals surface area (Å²) in [5.74, 6) is 2.50. The monoisotopic (exact) mass is 325 g/mol. The summed E-state index contributed by atoms with van der Waals surface area (Å²) in [4.78, 5) is 0. The van der Waals surface area contributed by atoms with E-state index in [9.17, 15) is 0 Å². The number of aryl methyl sites for hydroxylation is 1. The van der Waals surface area contributed by atoms with Gasteiger partial charge in [0, 0.05) is 4.47 Å². The van der Waals surface area contributed by atoms with Crippen LogP contribution < -0.4 is 10.1 Å². The SMILES string of the molecule is Cc1cc(OC[C@@H](C)CC2CCNCC2)ccc1Br. The van der Waals surface area contributed by atoms with Crippen LogP contribution in [0.1, 0.15) is 31.7 Å². The molecule has 19 heavy (non-hydrogen) atoms. The van der Waals surface area contributed by atoms with Crippen LogP contribution in [0.25, 0.3) is 0 Å². The lowest BCUT2D eigenvalue weighted by Crippen LogP contribution is -2.29. The van der Waals surface area contributed by atoms with Crippen LogP contribution >= 0.6 is 15.9 Å². The Morgan fingerprint density at radius 3 is 2.79 bits per heavy atom. The molecule has 0 unspecified atom stereocenters. The summed E-state index contributed by atoms with van der Waals surface area (Å²) < 4.78 is 7.05. The van der Waals surface area contributed by atoms with E-state index < -0.39 is 0 Å². The molecule has 1 N–H and O–H groups in total. The highest BCUT2D eigenvalue weighted by Gasteiger charge is 2.16. The van der Waals surface area contributed by atoms with Gasteiger partial charge >= 0.3 is 0 Å². The smallest absolute Gasteiger partial charge is 0.119 e. The van der Waals surface area contributed by atoms with Gasteiger partial charge in [-0.15, -0.1) is 0 Å². The second kappa shape index (κ2) is 7.30. The van der Waals surface area contributed by atoms with Crippen molar-refractivity contribution < 1.29 is 4.74 Å². The first-order valence-corrected chi connectivity index (χ1v) is 8.04. The molecule has 1 aliphatic rings. The number of nitrogens with one attached hydrogen (secondary N) is 1. The van der Waals surface area contributed by atoms with Gasteiger partial charge in [-0.2, -0.15) is 0 Å². The van der Waals surface area contributed by atoms with E-state index in [4.69, 9.17) is 4.74 Å². The highest BCUT2D eigenvalue weighted by molar-refractivity contribution is 9.10. The zero-order valence-electron chi connectivity index (χ0n) is 11.9. The number of piperidine rings is 1. The minimum Gasteiger partial charge on any atom is -0.493 e. The van der Waals surface area contributed by atoms with Gasteiger partial charge in [-0.05, 0) is 74.9 Å². The Bertz CT molecular complexity index is 402. The lowest BCUT2D eigenvalue weighted by Gasteiger charge is -2.25. The van der Waals surface area contributed by atoms with E-state index in [1.807, 2.05) is 6.07 Å². The van der Waals surface area contributed by atoms with E-state index in [2.05, 4.69) is 47.2 Å². The summed E-state index contributed by atoms with van der Waals surface area (Å²) in [6.07, 6.45) is 3.93. The first kappa shape index (κ1) is 14.9. The van der Waals surface area contributed by atoms with Crippen molar-refractivity contribution >= 4 is 15.9 Å². The van der Waals surface area contributed by atoms with Crippen LogP contribution in [0.2, 0.25) is 0 Å². The van der Waals surface area contributed by atoms with E-state index in [0.29, 0.717) is 5.92 Å². The fourth-order valence-electron chi connectivity index (χ4n) is 2.70. The fourth-order valence-corrected chi connectivity index (χ4v) is 2.95. The molecule has 0 saturated carbocycles. The van der Waals surface area contributed by atoms with Gasteiger partial charge in [0.25, 0.3) is 0 Å². The molecule has 1 aliphatic heterocycles. The number of hydrogen-bond donors (Lipinski definition) is 1. The molecule has 106 valence electrons. The Hall–Kier alpha value is -0.540. The average molecular weight is 326 g/mol. The minimum atomic E-state index is 0.632. The third-order valence-corrected chi connectivity index (χ3v) is 4.75. The number of ether oxygens (including phenoxy) is 1. The highest BCUT2D eigenvalue weighted by atomic mass is 79.9. The quantitative estimate of drug-likeness (QED) is 0.877. The fraction of sp³-hybridized carbons (Fsp3) is 0.625. The van der Waals surface area contributed by atoms with Crippen molar-refractivity contribution in [2.24, 2.45) is 11.8 Å². The number of halogens is 1. The van der Waals surface area contributed by atoms with Gasteiger partial charge in [0.05, 0.1) is 6.61 Å². The van der Waals surface area contributed by atoms with Crippen molar-refractivity contribution in [3.63, 3.8) is 0 Å². The molecule has 0 aromatic heterocycles. The van der Waals surface area contributed by atoms with E-state index in [1.54, 1.807) is 0 Å². The first-order valence-electron chi connectivity index (χ1n) is 7.25. The maximum absolute atomic E-state index is 5.91. The van der Waals surface area contributed by atoms with E-state index in [-0.39, 0.29) is 0 Å². The van der Waals surface area contributed by atoms with Crippen LogP contribution in [0.15, 0.2) is 22.7 Å². The molecule has 1 heterocycles. The Kier molecular flexibility index (Phi) is 5.71. The molecule has 1 atom stereocenters. The highest BCUT2D eigenvalue weighted by Crippen LogP contribution is 2.24. The average Bonchev–Trinajstić information content (AvgIpc) is 2.41. The topological polar surface area (TPSA) is 21.3 Å². The third-order valence-electron chi connectivity index (χ3n) is 3.86. The maximum atomic E-state index is 5.91. The zero-order chi connectivity index (χ0) is 13.7. The van der Waals surface area contributed by atoms with Gasteiger partial charge in [-0.3, -0.25) is 0 Å². The summed E-state index contributed by atoms with van der Waals surface area (Å²) in [6.45, 7) is 7.59. The van der Waals surface area contributed by atoms with Crippen molar-refractivity contribution in [2.75, 3.05) is 19.7 Å². The van der Waals surface area contributed by atoms with Gasteiger partial charge in [0.1, 0.15) is 5.75 Å². The van der Waals surface area contributed by atoms with Crippen LogP contribution in [0.5, 0.6) is 5.75 Å². The second-order valence-electron chi connectivity index (χ2n) is 5.76. The van der Waals surface area contributed by atoms with Crippen LogP contribution in [0.4, 0.5) is 0 Å². The van der Waals surface area contributed by atoms with Crippen LogP contribution in [0, 0.1) is 18.8 Å². The summed E-state index contributed by atoms with van der Waals surface area (Å²) in [6, 6.07) is 6.19. The molecule has 1 aromatic carbocycles. The van der Waals surface area contributed by atoms with Gasteiger partial charge in [-0.1, -0.05) is 22.9 Å². The second-order valence-corrected chi connectivity index (χ2v) is 6.61. The van der Waals surface area contributed by atoms with Crippen molar-refractivity contribution in [1.82, 2.24) is 5.32 Å². The summed E-state index contributed by atoms with van der Waals surface area (Å²) in [5, 5.41) is 3.42. The van der Waals surface area contributed by atoms with Gasteiger partial charge in [0.2, 0.25) is 0 Å². The van der Waals surface area contributed by atoms with Crippen LogP contribution in [0.3, 0.4) is 0 Å². The molecule has 2 rings (SSSR count). The van der Waals surface area contributed by atoms with E-state index in [0.717, 1.165) is 22.7 Å². The molecule has 0 aliphatic carbocycles. The largest absolute Gasteiger partial charge is 0.493 e. The Morgan fingerprint density at radius 1 is 1.37 bits per heavy atom. The third kappa shape index (κ3) is 4.81. The molecule has 0 radical (unpaired) electrons. The summed E-state index contributed by atoms with van der Waals surface area (Å²) >= 11 is 3.51. The van der Waals surface area contributed by atoms with Gasteiger partial charge in [-0.25, -0.2) is 0 Å². The van der Waals surface area contributed by atoms with Crippen LogP contribution in [-0.2, 0) is 0 Å². The van der Waals surface area contributed by atoms with E-state index >= 15 is 0 Å². The maximum Gasteiger partial charge on any atom is 0.119 e. The molecular weight excluding hydrogens is 302 g/mol. The molecule has 2 nitrogen and oxygen atoms in total. The molecule has 1 fully saturated rings. The number of hydrogen-bond acceptors (Lipinski definition) is 2. The van der Waals surface area contributed by atoms with Crippen molar-refractivity contribution in [3.05, 3.63) is 28.2 Å². The number of rotatable bonds is 5. The molecule has 0 amide bonds. The number of benzene rings is 1. The first-order chi connectivity index (χ1) is 9.15. The standard InChI is InChI=1S/C16H24BrNO/c1-12(9-14-5-7-18-8-6-14)11-19-15-3-4-16(17)13(2)10-15/h3-4,10,12,14,18H,5-9,11H2,1-2H3/t12-/m0/s1. The Morgan fingerprint density at radius 2 is 2.11 bits per heavy atom. The normalized spacial score (nSPS) is 18.3. The predicted octanol–water partition coefficient (Wildman–Crippen LogP) is 4.16. The Labute approximate surface area is 125 Å². The molecular formula is C16H24BrNO. The molecule has 1 aromatic rings. The lowest BCUT2D eigenvalue weighted by molar-refractivity contribution is 0.216. The van der Waals surface area contributed by atoms with Crippen molar-refractivity contribution in [2.45, 2.75) is 33.1 Å². The van der Waals surface area contributed by atoms with Crippen molar-refractivity contribution in [1.29, 1.82) is 0 Å². The zero-order valence-corrected chi connectivity index (χ0v) is 13.5. The lowest BCUT2D eigenvalue weighted by atomic mass is 9.89. The predicted molar refractivity (Wildman–Crippen MR) is 83.7 cm³/mol. The molecule has 3 heteroatoms. The van der Waals surface area contributed by atoms with Crippen LogP contribution in [-0.4, -0.2) is 19.7 Å².